The Hall–Kier alpha value is -1.09. The molecule has 2 heterocycles. The smallest absolute Gasteiger partial charge is 0.248 e. The third-order valence-electron chi connectivity index (χ3n) is 1.85. The van der Waals surface area contributed by atoms with E-state index in [1.54, 1.807) is 6.07 Å². The first-order valence-electron chi connectivity index (χ1n) is 4.57. The molecule has 14 heavy (non-hydrogen) atoms. The van der Waals surface area contributed by atoms with Crippen molar-refractivity contribution in [3.8, 4) is 0 Å². The second kappa shape index (κ2) is 3.58. The van der Waals surface area contributed by atoms with Gasteiger partial charge in [-0.05, 0) is 18.1 Å². The minimum atomic E-state index is 0.435. The molecule has 0 atom stereocenters. The van der Waals surface area contributed by atoms with E-state index >= 15 is 0 Å². The molecule has 0 spiro atoms. The first kappa shape index (κ1) is 9.46. The lowest BCUT2D eigenvalue weighted by Gasteiger charge is -1.96. The molecule has 0 aliphatic rings. The maximum Gasteiger partial charge on any atom is 0.248 e. The Balaban J connectivity index is 2.41. The van der Waals surface area contributed by atoms with Crippen molar-refractivity contribution in [2.45, 2.75) is 20.3 Å². The molecule has 4 heteroatoms. The van der Waals surface area contributed by atoms with Gasteiger partial charge in [-0.1, -0.05) is 25.4 Å². The van der Waals surface area contributed by atoms with Gasteiger partial charge in [-0.25, -0.2) is 4.98 Å². The number of rotatable bonds is 2. The number of oxazole rings is 1. The normalized spacial score (nSPS) is 11.4. The Labute approximate surface area is 87.1 Å². The zero-order chi connectivity index (χ0) is 10.1. The standard InChI is InChI=1S/C10H11ClN2O/c1-6(2)5-9-12-7-3-4-8(11)13-10(7)14-9/h3-4,6H,5H2,1-2H3. The molecule has 3 nitrogen and oxygen atoms in total. The first-order chi connectivity index (χ1) is 6.65. The summed E-state index contributed by atoms with van der Waals surface area (Å²) in [5.74, 6) is 1.25. The van der Waals surface area contributed by atoms with E-state index in [0.29, 0.717) is 16.8 Å². The topological polar surface area (TPSA) is 38.9 Å². The van der Waals surface area contributed by atoms with Crippen molar-refractivity contribution >= 4 is 22.8 Å². The monoisotopic (exact) mass is 210 g/mol. The predicted octanol–water partition coefficient (Wildman–Crippen LogP) is 3.07. The van der Waals surface area contributed by atoms with Crippen LogP contribution in [0.5, 0.6) is 0 Å². The van der Waals surface area contributed by atoms with Gasteiger partial charge in [0.2, 0.25) is 5.71 Å². The fourth-order valence-corrected chi connectivity index (χ4v) is 1.42. The molecule has 0 bridgehead atoms. The molecule has 0 amide bonds. The molecular weight excluding hydrogens is 200 g/mol. The minimum absolute atomic E-state index is 0.435. The van der Waals surface area contributed by atoms with Crippen LogP contribution in [0, 0.1) is 5.92 Å². The molecule has 2 aromatic heterocycles. The van der Waals surface area contributed by atoms with Gasteiger partial charge in [-0.15, -0.1) is 0 Å². The summed E-state index contributed by atoms with van der Waals surface area (Å²) < 4.78 is 5.45. The molecule has 0 radical (unpaired) electrons. The molecule has 0 unspecified atom stereocenters. The van der Waals surface area contributed by atoms with Gasteiger partial charge in [0.25, 0.3) is 0 Å². The van der Waals surface area contributed by atoms with Crippen molar-refractivity contribution in [2.75, 3.05) is 0 Å². The first-order valence-corrected chi connectivity index (χ1v) is 4.95. The summed E-state index contributed by atoms with van der Waals surface area (Å²) >= 11 is 5.73. The third-order valence-corrected chi connectivity index (χ3v) is 2.06. The highest BCUT2D eigenvalue weighted by atomic mass is 35.5. The van der Waals surface area contributed by atoms with Crippen LogP contribution in [0.2, 0.25) is 5.15 Å². The van der Waals surface area contributed by atoms with E-state index in [1.165, 1.54) is 0 Å². The van der Waals surface area contributed by atoms with Crippen molar-refractivity contribution < 1.29 is 4.42 Å². The van der Waals surface area contributed by atoms with Gasteiger partial charge in [0.1, 0.15) is 10.7 Å². The van der Waals surface area contributed by atoms with Crippen molar-refractivity contribution in [3.05, 3.63) is 23.2 Å². The van der Waals surface area contributed by atoms with Crippen LogP contribution in [0.25, 0.3) is 11.2 Å². The van der Waals surface area contributed by atoms with Crippen LogP contribution in [0.1, 0.15) is 19.7 Å². The Kier molecular flexibility index (Phi) is 2.42. The highest BCUT2D eigenvalue weighted by Gasteiger charge is 2.08. The van der Waals surface area contributed by atoms with Crippen LogP contribution in [0.4, 0.5) is 0 Å². The molecule has 0 aliphatic heterocycles. The molecule has 74 valence electrons. The zero-order valence-electron chi connectivity index (χ0n) is 8.12. The minimum Gasteiger partial charge on any atom is -0.422 e. The lowest BCUT2D eigenvalue weighted by atomic mass is 10.1. The number of pyridine rings is 1. The van der Waals surface area contributed by atoms with Gasteiger partial charge < -0.3 is 4.42 Å². The average molecular weight is 211 g/mol. The van der Waals surface area contributed by atoms with Gasteiger partial charge in [-0.3, -0.25) is 0 Å². The molecule has 0 N–H and O–H groups in total. The summed E-state index contributed by atoms with van der Waals surface area (Å²) in [6.07, 6.45) is 0.827. The fourth-order valence-electron chi connectivity index (χ4n) is 1.28. The Morgan fingerprint density at radius 3 is 2.86 bits per heavy atom. The highest BCUT2D eigenvalue weighted by molar-refractivity contribution is 6.29. The van der Waals surface area contributed by atoms with Crippen LogP contribution in [-0.4, -0.2) is 9.97 Å². The fraction of sp³-hybridized carbons (Fsp3) is 0.400. The summed E-state index contributed by atoms with van der Waals surface area (Å²) in [5.41, 5.74) is 1.29. The average Bonchev–Trinajstić information content (AvgIpc) is 2.44. The Morgan fingerprint density at radius 1 is 1.36 bits per heavy atom. The van der Waals surface area contributed by atoms with E-state index in [0.717, 1.165) is 17.8 Å². The number of halogens is 1. The van der Waals surface area contributed by atoms with E-state index in [4.69, 9.17) is 16.0 Å². The van der Waals surface area contributed by atoms with Crippen molar-refractivity contribution in [3.63, 3.8) is 0 Å². The number of aromatic nitrogens is 2. The number of fused-ring (bicyclic) bond motifs is 1. The van der Waals surface area contributed by atoms with E-state index in [9.17, 15) is 0 Å². The van der Waals surface area contributed by atoms with Gasteiger partial charge >= 0.3 is 0 Å². The summed E-state index contributed by atoms with van der Waals surface area (Å²) in [7, 11) is 0. The molecule has 2 aromatic rings. The predicted molar refractivity (Wildman–Crippen MR) is 55.4 cm³/mol. The van der Waals surface area contributed by atoms with E-state index in [2.05, 4.69) is 23.8 Å². The van der Waals surface area contributed by atoms with E-state index < -0.39 is 0 Å². The molecule has 0 saturated carbocycles. The lowest BCUT2D eigenvalue weighted by Crippen LogP contribution is -1.93. The van der Waals surface area contributed by atoms with Crippen LogP contribution in [-0.2, 0) is 6.42 Å². The molecule has 0 aliphatic carbocycles. The van der Waals surface area contributed by atoms with Crippen LogP contribution in [0.15, 0.2) is 16.5 Å². The molecule has 0 fully saturated rings. The Bertz CT molecular complexity index is 450. The second-order valence-electron chi connectivity index (χ2n) is 3.66. The van der Waals surface area contributed by atoms with Gasteiger partial charge in [0.15, 0.2) is 5.89 Å². The summed E-state index contributed by atoms with van der Waals surface area (Å²) in [6.45, 7) is 4.24. The summed E-state index contributed by atoms with van der Waals surface area (Å²) in [4.78, 5) is 8.35. The van der Waals surface area contributed by atoms with Crippen LogP contribution in [0.3, 0.4) is 0 Å². The lowest BCUT2D eigenvalue weighted by molar-refractivity contribution is 0.477. The second-order valence-corrected chi connectivity index (χ2v) is 4.05. The molecule has 0 aromatic carbocycles. The molecule has 0 saturated heterocycles. The van der Waals surface area contributed by atoms with Crippen molar-refractivity contribution in [1.82, 2.24) is 9.97 Å². The maximum atomic E-state index is 5.73. The maximum absolute atomic E-state index is 5.73. The third kappa shape index (κ3) is 1.87. The van der Waals surface area contributed by atoms with E-state index in [1.807, 2.05) is 6.07 Å². The molecule has 2 rings (SSSR count). The highest BCUT2D eigenvalue weighted by Crippen LogP contribution is 2.17. The van der Waals surface area contributed by atoms with Gasteiger partial charge in [0.05, 0.1) is 0 Å². The van der Waals surface area contributed by atoms with E-state index in [-0.39, 0.29) is 0 Å². The van der Waals surface area contributed by atoms with Gasteiger partial charge in [0, 0.05) is 6.42 Å². The number of nitrogens with zero attached hydrogens (tertiary/aromatic N) is 2. The zero-order valence-corrected chi connectivity index (χ0v) is 8.88. The summed E-state index contributed by atoms with van der Waals surface area (Å²) in [6, 6.07) is 3.53. The Morgan fingerprint density at radius 2 is 2.14 bits per heavy atom. The van der Waals surface area contributed by atoms with Crippen molar-refractivity contribution in [1.29, 1.82) is 0 Å². The number of hydrogen-bond acceptors (Lipinski definition) is 3. The van der Waals surface area contributed by atoms with Crippen LogP contribution < -0.4 is 0 Å². The van der Waals surface area contributed by atoms with Gasteiger partial charge in [-0.2, -0.15) is 4.98 Å². The quantitative estimate of drug-likeness (QED) is 0.715. The summed E-state index contributed by atoms with van der Waals surface area (Å²) in [5, 5.41) is 0.435. The SMILES string of the molecule is CC(C)Cc1nc2ccc(Cl)nc2o1. The largest absolute Gasteiger partial charge is 0.422 e. The molecular formula is C10H11ClN2O. The van der Waals surface area contributed by atoms with Crippen molar-refractivity contribution in [2.24, 2.45) is 5.92 Å². The van der Waals surface area contributed by atoms with Crippen LogP contribution >= 0.6 is 11.6 Å². The number of hydrogen-bond donors (Lipinski definition) is 0.